The summed E-state index contributed by atoms with van der Waals surface area (Å²) in [7, 11) is 4.27. The summed E-state index contributed by atoms with van der Waals surface area (Å²) in [5.74, 6) is 0.186. The number of nitrogens with zero attached hydrogens (tertiary/aromatic N) is 4. The van der Waals surface area contributed by atoms with E-state index in [4.69, 9.17) is 0 Å². The van der Waals surface area contributed by atoms with Crippen LogP contribution in [0.3, 0.4) is 0 Å². The van der Waals surface area contributed by atoms with Crippen molar-refractivity contribution in [2.45, 2.75) is 0 Å². The smallest absolute Gasteiger partial charge is 0.241 e. The molecule has 0 unspecified atom stereocenters. The van der Waals surface area contributed by atoms with E-state index in [-0.39, 0.29) is 5.91 Å². The van der Waals surface area contributed by atoms with E-state index in [0.29, 0.717) is 6.54 Å². The number of amides is 1. The van der Waals surface area contributed by atoms with Gasteiger partial charge in [0.25, 0.3) is 0 Å². The molecule has 24 heavy (non-hydrogen) atoms. The average Bonchev–Trinajstić information content (AvgIpc) is 2.61. The maximum atomic E-state index is 12.3. The lowest BCUT2D eigenvalue weighted by molar-refractivity contribution is -0.130. The van der Waals surface area contributed by atoms with Crippen molar-refractivity contribution < 1.29 is 4.79 Å². The Bertz CT molecular complexity index is 531. The van der Waals surface area contributed by atoms with Gasteiger partial charge in [0.2, 0.25) is 5.91 Å². The van der Waals surface area contributed by atoms with E-state index in [1.54, 1.807) is 0 Å². The second-order valence-electron chi connectivity index (χ2n) is 6.87. The standard InChI is InChI=1S/C18H29N5O/c1-20-7-11-22(12-8-20)17-5-3-16(4-6-17)19-15-18(24)23-13-9-21(2)10-14-23/h3-6,19H,7-15H2,1-2H3. The third-order valence-electron chi connectivity index (χ3n) is 5.04. The largest absolute Gasteiger partial charge is 0.376 e. The van der Waals surface area contributed by atoms with Crippen LogP contribution in [0, 0.1) is 0 Å². The summed E-state index contributed by atoms with van der Waals surface area (Å²) in [6.07, 6.45) is 0. The molecule has 132 valence electrons. The van der Waals surface area contributed by atoms with Crippen molar-refractivity contribution in [1.29, 1.82) is 0 Å². The van der Waals surface area contributed by atoms with Crippen molar-refractivity contribution >= 4 is 17.3 Å². The summed E-state index contributed by atoms with van der Waals surface area (Å²) >= 11 is 0. The first-order chi connectivity index (χ1) is 11.6. The lowest BCUT2D eigenvalue weighted by Crippen LogP contribution is -2.48. The van der Waals surface area contributed by atoms with E-state index in [1.807, 2.05) is 4.90 Å². The second kappa shape index (κ2) is 7.85. The molecule has 0 aliphatic carbocycles. The monoisotopic (exact) mass is 331 g/mol. The van der Waals surface area contributed by atoms with Gasteiger partial charge in [0.05, 0.1) is 6.54 Å². The van der Waals surface area contributed by atoms with Gasteiger partial charge in [-0.05, 0) is 38.4 Å². The number of likely N-dealkylation sites (N-methyl/N-ethyl adjacent to an activating group) is 2. The topological polar surface area (TPSA) is 42.1 Å². The van der Waals surface area contributed by atoms with E-state index in [0.717, 1.165) is 58.0 Å². The molecular formula is C18H29N5O. The molecule has 1 N–H and O–H groups in total. The van der Waals surface area contributed by atoms with Crippen LogP contribution >= 0.6 is 0 Å². The molecule has 1 aromatic carbocycles. The quantitative estimate of drug-likeness (QED) is 0.876. The first kappa shape index (κ1) is 17.0. The molecule has 2 fully saturated rings. The lowest BCUT2D eigenvalue weighted by atomic mass is 10.2. The molecule has 0 atom stereocenters. The molecule has 2 saturated heterocycles. The van der Waals surface area contributed by atoms with Gasteiger partial charge in [-0.1, -0.05) is 0 Å². The Hall–Kier alpha value is -1.79. The van der Waals surface area contributed by atoms with Crippen LogP contribution in [0.1, 0.15) is 0 Å². The number of anilines is 2. The van der Waals surface area contributed by atoms with Gasteiger partial charge >= 0.3 is 0 Å². The number of hydrogen-bond donors (Lipinski definition) is 1. The fourth-order valence-corrected chi connectivity index (χ4v) is 3.20. The summed E-state index contributed by atoms with van der Waals surface area (Å²) in [5, 5.41) is 3.26. The van der Waals surface area contributed by atoms with Crippen LogP contribution in [0.25, 0.3) is 0 Å². The minimum Gasteiger partial charge on any atom is -0.376 e. The molecule has 6 heteroatoms. The summed E-state index contributed by atoms with van der Waals surface area (Å²) in [6.45, 7) is 8.34. The highest BCUT2D eigenvalue weighted by Crippen LogP contribution is 2.19. The molecule has 2 aliphatic rings. The van der Waals surface area contributed by atoms with E-state index < -0.39 is 0 Å². The van der Waals surface area contributed by atoms with Crippen LogP contribution in [-0.4, -0.2) is 93.6 Å². The normalized spacial score (nSPS) is 20.2. The molecule has 0 aromatic heterocycles. The van der Waals surface area contributed by atoms with E-state index in [1.165, 1.54) is 5.69 Å². The van der Waals surface area contributed by atoms with Crippen LogP contribution in [0.2, 0.25) is 0 Å². The Labute approximate surface area is 145 Å². The van der Waals surface area contributed by atoms with Crippen molar-refractivity contribution in [3.8, 4) is 0 Å². The van der Waals surface area contributed by atoms with Crippen molar-refractivity contribution in [3.05, 3.63) is 24.3 Å². The summed E-state index contributed by atoms with van der Waals surface area (Å²) < 4.78 is 0. The van der Waals surface area contributed by atoms with Gasteiger partial charge in [0.1, 0.15) is 0 Å². The fraction of sp³-hybridized carbons (Fsp3) is 0.611. The number of carbonyl (C=O) groups is 1. The van der Waals surface area contributed by atoms with Crippen molar-refractivity contribution in [1.82, 2.24) is 14.7 Å². The fourth-order valence-electron chi connectivity index (χ4n) is 3.20. The summed E-state index contributed by atoms with van der Waals surface area (Å²) in [6, 6.07) is 8.44. The molecule has 1 aromatic rings. The number of carbonyl (C=O) groups excluding carboxylic acids is 1. The van der Waals surface area contributed by atoms with Gasteiger partial charge in [-0.25, -0.2) is 0 Å². The van der Waals surface area contributed by atoms with Crippen LogP contribution in [0.15, 0.2) is 24.3 Å². The highest BCUT2D eigenvalue weighted by atomic mass is 16.2. The second-order valence-corrected chi connectivity index (χ2v) is 6.87. The zero-order valence-corrected chi connectivity index (χ0v) is 14.9. The van der Waals surface area contributed by atoms with Crippen molar-refractivity contribution in [2.75, 3.05) is 83.2 Å². The maximum absolute atomic E-state index is 12.3. The minimum absolute atomic E-state index is 0.186. The average molecular weight is 331 g/mol. The molecule has 1 amide bonds. The number of nitrogens with one attached hydrogen (secondary N) is 1. The highest BCUT2D eigenvalue weighted by molar-refractivity contribution is 5.81. The van der Waals surface area contributed by atoms with Crippen LogP contribution < -0.4 is 10.2 Å². The predicted molar refractivity (Wildman–Crippen MR) is 98.7 cm³/mol. The van der Waals surface area contributed by atoms with Crippen molar-refractivity contribution in [2.24, 2.45) is 0 Å². The van der Waals surface area contributed by atoms with Crippen LogP contribution in [0.5, 0.6) is 0 Å². The van der Waals surface area contributed by atoms with E-state index in [9.17, 15) is 4.79 Å². The molecule has 2 heterocycles. The Kier molecular flexibility index (Phi) is 5.58. The molecule has 6 nitrogen and oxygen atoms in total. The van der Waals surface area contributed by atoms with Crippen LogP contribution in [-0.2, 0) is 4.79 Å². The van der Waals surface area contributed by atoms with Gasteiger partial charge in [-0.3, -0.25) is 4.79 Å². The van der Waals surface area contributed by atoms with Gasteiger partial charge in [0.15, 0.2) is 0 Å². The molecular weight excluding hydrogens is 302 g/mol. The Balaban J connectivity index is 1.47. The zero-order valence-electron chi connectivity index (χ0n) is 14.9. The number of benzene rings is 1. The molecule has 0 spiro atoms. The predicted octanol–water partition coefficient (Wildman–Crippen LogP) is 0.624. The van der Waals surface area contributed by atoms with Gasteiger partial charge in [0, 0.05) is 63.7 Å². The number of rotatable bonds is 4. The van der Waals surface area contributed by atoms with Gasteiger partial charge in [-0.15, -0.1) is 0 Å². The van der Waals surface area contributed by atoms with E-state index in [2.05, 4.69) is 58.4 Å². The number of hydrogen-bond acceptors (Lipinski definition) is 5. The Morgan fingerprint density at radius 1 is 0.875 bits per heavy atom. The molecule has 2 aliphatic heterocycles. The van der Waals surface area contributed by atoms with Crippen LogP contribution in [0.4, 0.5) is 11.4 Å². The third kappa shape index (κ3) is 4.39. The maximum Gasteiger partial charge on any atom is 0.241 e. The Morgan fingerprint density at radius 2 is 1.42 bits per heavy atom. The highest BCUT2D eigenvalue weighted by Gasteiger charge is 2.18. The SMILES string of the molecule is CN1CCN(C(=O)CNc2ccc(N3CCN(C)CC3)cc2)CC1. The molecule has 0 saturated carbocycles. The summed E-state index contributed by atoms with van der Waals surface area (Å²) in [4.78, 5) is 21.2. The van der Waals surface area contributed by atoms with Gasteiger partial charge in [-0.2, -0.15) is 0 Å². The van der Waals surface area contributed by atoms with Gasteiger partial charge < -0.3 is 24.9 Å². The molecule has 0 bridgehead atoms. The molecule has 0 radical (unpaired) electrons. The lowest BCUT2D eigenvalue weighted by Gasteiger charge is -2.34. The summed E-state index contributed by atoms with van der Waals surface area (Å²) in [5.41, 5.74) is 2.27. The van der Waals surface area contributed by atoms with Crippen molar-refractivity contribution in [3.63, 3.8) is 0 Å². The Morgan fingerprint density at radius 3 is 2.00 bits per heavy atom. The van der Waals surface area contributed by atoms with E-state index >= 15 is 0 Å². The number of piperazine rings is 2. The minimum atomic E-state index is 0.186. The molecule has 3 rings (SSSR count). The third-order valence-corrected chi connectivity index (χ3v) is 5.04. The first-order valence-corrected chi connectivity index (χ1v) is 8.85. The zero-order chi connectivity index (χ0) is 16.9. The first-order valence-electron chi connectivity index (χ1n) is 8.85.